The molecule has 2 aliphatic carbocycles. The van der Waals surface area contributed by atoms with Crippen LogP contribution in [-0.4, -0.2) is 5.78 Å². The first-order valence-electron chi connectivity index (χ1n) is 5.48. The molecule has 0 amide bonds. The number of carbonyl (C=O) groups is 1. The predicted molar refractivity (Wildman–Crippen MR) is 62.2 cm³/mol. The van der Waals surface area contributed by atoms with Gasteiger partial charge in [-0.15, -0.1) is 28.3 Å². The van der Waals surface area contributed by atoms with Crippen LogP contribution in [0.1, 0.15) is 40.4 Å². The molecule has 2 aliphatic rings. The summed E-state index contributed by atoms with van der Waals surface area (Å²) in [7, 11) is 0. The Balaban J connectivity index is 0.000000963. The Kier molecular flexibility index (Phi) is 2.34. The fourth-order valence-electron chi connectivity index (χ4n) is 2.69. The Hall–Kier alpha value is -1.63. The first-order valence-corrected chi connectivity index (χ1v) is 6.27. The van der Waals surface area contributed by atoms with Crippen molar-refractivity contribution in [2.75, 3.05) is 0 Å². The van der Waals surface area contributed by atoms with Crippen LogP contribution in [0.5, 0.6) is 0 Å². The number of hydrogen-bond acceptors (Lipinski definition) is 1. The van der Waals surface area contributed by atoms with E-state index in [0.717, 1.165) is 24.8 Å². The number of benzene rings is 1. The van der Waals surface area contributed by atoms with Gasteiger partial charge in [0.2, 0.25) is 0 Å². The van der Waals surface area contributed by atoms with Crippen LogP contribution in [0.4, 0.5) is 0 Å². The zero-order valence-corrected chi connectivity index (χ0v) is 17.4. The second-order valence-electron chi connectivity index (χ2n) is 4.57. The Labute approximate surface area is 98.0 Å². The molecular weight excluding hydrogens is 519 g/mol. The van der Waals surface area contributed by atoms with Crippen molar-refractivity contribution in [1.29, 1.82) is 0 Å². The largest absolute Gasteiger partial charge is 0.351 e. The smallest absolute Gasteiger partial charge is 0.0812 e. The van der Waals surface area contributed by atoms with Crippen LogP contribution in [-0.2, 0) is 19.3 Å². The van der Waals surface area contributed by atoms with Gasteiger partial charge in [-0.2, -0.15) is 0 Å². The van der Waals surface area contributed by atoms with E-state index in [1.807, 2.05) is 6.92 Å². The Morgan fingerprint density at radius 1 is 1.31 bits per heavy atom. The van der Waals surface area contributed by atoms with Gasteiger partial charge in [0.1, 0.15) is 0 Å². The molecule has 3 heteroatoms. The summed E-state index contributed by atoms with van der Waals surface area (Å²) >= 11 is 3.67. The number of Topliss-reactive ketones (excluding diaryl/α,β-unsaturated/α-hetero) is 1. The quantitative estimate of drug-likeness (QED) is 0.471. The monoisotopic (exact) mass is 530 g/mol. The SMILES string of the molecule is CC1Cc2c([c-]c3c(c2Br)CCC3)C1=O.[Rf]. The minimum Gasteiger partial charge on any atom is -0.351 e. The third-order valence-electron chi connectivity index (χ3n) is 3.53. The van der Waals surface area contributed by atoms with Crippen molar-refractivity contribution in [3.63, 3.8) is 0 Å². The average molecular weight is 531 g/mol. The molecule has 0 radical (unpaired) electrons. The number of hydrogen-bond donors (Lipinski definition) is 0. The molecule has 16 heavy (non-hydrogen) atoms. The molecule has 0 saturated carbocycles. The van der Waals surface area contributed by atoms with E-state index in [1.165, 1.54) is 27.6 Å². The molecule has 0 heterocycles. The summed E-state index contributed by atoms with van der Waals surface area (Å²) in [6, 6.07) is 3.35. The minimum atomic E-state index is 0. The zero-order valence-electron chi connectivity index (χ0n) is 9.40. The number of carbonyl (C=O) groups excluding carboxylic acids is 1. The summed E-state index contributed by atoms with van der Waals surface area (Å²) < 4.78 is 1.20. The van der Waals surface area contributed by atoms with Crippen molar-refractivity contribution in [3.05, 3.63) is 32.8 Å². The first kappa shape index (κ1) is 10.9. The van der Waals surface area contributed by atoms with E-state index < -0.39 is 0 Å². The molecule has 1 nitrogen and oxygen atoms in total. The van der Waals surface area contributed by atoms with E-state index in [4.69, 9.17) is 0 Å². The maximum atomic E-state index is 11.9. The standard InChI is InChI=1S/C13H12BrO.Rf/c1-7-5-10-11(13(7)15)6-8-3-2-4-9(8)12(10)14;/h7H,2-5H2,1H3;/q-1;. The molecule has 1 unspecified atom stereocenters. The van der Waals surface area contributed by atoms with Gasteiger partial charge in [0, 0.05) is 0 Å². The van der Waals surface area contributed by atoms with Gasteiger partial charge in [-0.1, -0.05) is 46.6 Å². The molecule has 0 aromatic heterocycles. The van der Waals surface area contributed by atoms with Gasteiger partial charge in [0.05, 0.1) is 5.78 Å². The number of ketones is 1. The molecule has 1 atom stereocenters. The van der Waals surface area contributed by atoms with Crippen molar-refractivity contribution in [1.82, 2.24) is 0 Å². The van der Waals surface area contributed by atoms with Gasteiger partial charge >= 0.3 is 0 Å². The molecule has 80 valence electrons. The second-order valence-corrected chi connectivity index (χ2v) is 5.37. The van der Waals surface area contributed by atoms with Gasteiger partial charge < -0.3 is 4.79 Å². The van der Waals surface area contributed by atoms with Gasteiger partial charge in [-0.3, -0.25) is 0 Å². The predicted octanol–water partition coefficient (Wildman–Crippen LogP) is 3.11. The van der Waals surface area contributed by atoms with Crippen LogP contribution in [0, 0.1) is 12.0 Å². The number of fused-ring (bicyclic) bond motifs is 2. The summed E-state index contributed by atoms with van der Waals surface area (Å²) in [6.45, 7) is 2.01. The molecule has 0 fully saturated rings. The van der Waals surface area contributed by atoms with Crippen molar-refractivity contribution in [3.8, 4) is 0 Å². The third kappa shape index (κ3) is 1.21. The van der Waals surface area contributed by atoms with Crippen molar-refractivity contribution in [2.45, 2.75) is 32.6 Å². The van der Waals surface area contributed by atoms with Crippen molar-refractivity contribution >= 4 is 21.7 Å². The molecule has 0 aliphatic heterocycles. The van der Waals surface area contributed by atoms with Crippen LogP contribution >= 0.6 is 15.9 Å². The molecule has 0 N–H and O–H groups in total. The third-order valence-corrected chi connectivity index (χ3v) is 4.49. The summed E-state index contributed by atoms with van der Waals surface area (Å²) in [5.41, 5.74) is 4.72. The molecular formula is C13H12BrORf-. The van der Waals surface area contributed by atoms with E-state index in [-0.39, 0.29) is 11.7 Å². The summed E-state index contributed by atoms with van der Waals surface area (Å²) in [5, 5.41) is 0. The van der Waals surface area contributed by atoms with Crippen molar-refractivity contribution in [2.24, 2.45) is 5.92 Å². The zero-order chi connectivity index (χ0) is 10.6. The normalized spacial score (nSPS) is 21.6. The van der Waals surface area contributed by atoms with Gasteiger partial charge in [-0.25, -0.2) is 0 Å². The van der Waals surface area contributed by atoms with Crippen LogP contribution in [0.2, 0.25) is 0 Å². The van der Waals surface area contributed by atoms with Gasteiger partial charge in [-0.05, 0) is 12.3 Å². The summed E-state index contributed by atoms with van der Waals surface area (Å²) in [4.78, 5) is 11.9. The summed E-state index contributed by atoms with van der Waals surface area (Å²) in [5.74, 6) is 0.426. The molecule has 0 spiro atoms. The number of rotatable bonds is 0. The number of aryl methyl sites for hydroxylation is 1. The summed E-state index contributed by atoms with van der Waals surface area (Å²) in [6.07, 6.45) is 4.32. The average Bonchev–Trinajstić information content (AvgIpc) is 2.77. The Morgan fingerprint density at radius 3 is 2.81 bits per heavy atom. The van der Waals surface area contributed by atoms with Crippen LogP contribution in [0.3, 0.4) is 0 Å². The molecule has 1 aromatic carbocycles. The Morgan fingerprint density at radius 2 is 2.06 bits per heavy atom. The van der Waals surface area contributed by atoms with E-state index in [0.29, 0.717) is 0 Å². The minimum absolute atomic E-state index is 0. The second kappa shape index (κ2) is 3.44. The molecule has 1 aromatic rings. The van der Waals surface area contributed by atoms with Gasteiger partial charge in [0.25, 0.3) is 0 Å². The van der Waals surface area contributed by atoms with E-state index in [9.17, 15) is 4.79 Å². The molecule has 3 rings (SSSR count). The fourth-order valence-corrected chi connectivity index (χ4v) is 3.49. The van der Waals surface area contributed by atoms with Crippen LogP contribution < -0.4 is 0 Å². The fraction of sp³-hybridized carbons (Fsp3) is 0.462. The molecule has 0 bridgehead atoms. The van der Waals surface area contributed by atoms with E-state index in [1.54, 1.807) is 0 Å². The first-order chi connectivity index (χ1) is 7.18. The number of halogens is 1. The van der Waals surface area contributed by atoms with Crippen LogP contribution in [0.25, 0.3) is 0 Å². The Bertz CT molecular complexity index is 467. The molecule has 0 saturated heterocycles. The van der Waals surface area contributed by atoms with Crippen LogP contribution in [0.15, 0.2) is 4.47 Å². The maximum Gasteiger partial charge on any atom is 0.0812 e. The maximum absolute atomic E-state index is 11.9. The van der Waals surface area contributed by atoms with Crippen molar-refractivity contribution < 1.29 is 4.79 Å². The topological polar surface area (TPSA) is 17.1 Å². The van der Waals surface area contributed by atoms with E-state index in [2.05, 4.69) is 22.0 Å². The van der Waals surface area contributed by atoms with Gasteiger partial charge in [0.15, 0.2) is 0 Å². The van der Waals surface area contributed by atoms with E-state index >= 15 is 0 Å².